The molecule has 9 N–H and O–H groups in total. The molecule has 1 fully saturated rings. The number of pyridine rings is 1. The maximum Gasteiger partial charge on any atom is 0.303 e. The van der Waals surface area contributed by atoms with Crippen LogP contribution in [0.1, 0.15) is 86.6 Å². The number of aromatic nitrogens is 3. The molecule has 2 atom stereocenters. The van der Waals surface area contributed by atoms with E-state index in [1.807, 2.05) is 30.3 Å². The van der Waals surface area contributed by atoms with E-state index in [2.05, 4.69) is 41.5 Å². The second kappa shape index (κ2) is 20.4. The molecule has 16 nitrogen and oxygen atoms in total. The molecular formula is C41H49N9O7. The molecule has 2 heterocycles. The van der Waals surface area contributed by atoms with E-state index in [0.29, 0.717) is 56.7 Å². The van der Waals surface area contributed by atoms with Crippen LogP contribution in [-0.4, -0.2) is 79.7 Å². The predicted molar refractivity (Wildman–Crippen MR) is 214 cm³/mol. The van der Waals surface area contributed by atoms with Crippen LogP contribution in [0.2, 0.25) is 0 Å². The van der Waals surface area contributed by atoms with Crippen molar-refractivity contribution in [2.24, 2.45) is 5.73 Å². The number of rotatable bonds is 20. The SMILES string of the molecule is NC(=O)C1(NC(=O)[C@@H](CCCC(=O)O)NC(=O)[C@@H](CCCCNC(=O)C=Cc2cccnc2)NC(=O)c2cccc(Nc3nc4ccccc4[nH]3)c2)CCCCC1. The van der Waals surface area contributed by atoms with Crippen molar-refractivity contribution in [3.05, 3.63) is 90.3 Å². The number of carbonyl (C=O) groups excluding carboxylic acids is 5. The van der Waals surface area contributed by atoms with Crippen LogP contribution in [-0.2, 0) is 24.0 Å². The Morgan fingerprint density at radius 3 is 2.39 bits per heavy atom. The summed E-state index contributed by atoms with van der Waals surface area (Å²) >= 11 is 0. The lowest BCUT2D eigenvalue weighted by Crippen LogP contribution is -2.62. The van der Waals surface area contributed by atoms with Gasteiger partial charge in [0.1, 0.15) is 17.6 Å². The number of benzene rings is 2. The maximum absolute atomic E-state index is 14.0. The number of unbranched alkanes of at least 4 members (excludes halogenated alkanes) is 1. The third-order valence-corrected chi connectivity index (χ3v) is 9.79. The molecule has 5 rings (SSSR count). The lowest BCUT2D eigenvalue weighted by atomic mass is 9.80. The minimum atomic E-state index is -1.28. The molecule has 1 saturated carbocycles. The molecule has 4 aromatic rings. The number of nitrogens with two attached hydrogens (primary N) is 1. The highest BCUT2D eigenvalue weighted by atomic mass is 16.4. The number of carbonyl (C=O) groups is 6. The van der Waals surface area contributed by atoms with Gasteiger partial charge < -0.3 is 42.4 Å². The zero-order chi connectivity index (χ0) is 40.6. The third-order valence-electron chi connectivity index (χ3n) is 9.79. The number of anilines is 2. The Hall–Kier alpha value is -6.58. The van der Waals surface area contributed by atoms with E-state index in [1.54, 1.807) is 48.8 Å². The van der Waals surface area contributed by atoms with E-state index in [1.165, 1.54) is 6.08 Å². The minimum absolute atomic E-state index is 0.0342. The summed E-state index contributed by atoms with van der Waals surface area (Å²) in [4.78, 5) is 89.4. The van der Waals surface area contributed by atoms with Crippen molar-refractivity contribution >= 4 is 64.3 Å². The fraction of sp³-hybridized carbons (Fsp3) is 0.366. The van der Waals surface area contributed by atoms with E-state index in [-0.39, 0.29) is 37.2 Å². The molecule has 0 spiro atoms. The van der Waals surface area contributed by atoms with Crippen molar-refractivity contribution in [2.45, 2.75) is 88.3 Å². The summed E-state index contributed by atoms with van der Waals surface area (Å²) in [5, 5.41) is 23.5. The van der Waals surface area contributed by atoms with Gasteiger partial charge in [0.05, 0.1) is 11.0 Å². The van der Waals surface area contributed by atoms with Crippen LogP contribution in [0.15, 0.2) is 79.1 Å². The summed E-state index contributed by atoms with van der Waals surface area (Å²) in [6.07, 6.45) is 10.0. The topological polar surface area (TPSA) is 250 Å². The Balaban J connectivity index is 1.28. The van der Waals surface area contributed by atoms with Crippen LogP contribution < -0.4 is 32.3 Å². The first-order valence-electron chi connectivity index (χ1n) is 19.1. The number of aromatic amines is 1. The van der Waals surface area contributed by atoms with Gasteiger partial charge in [-0.1, -0.05) is 43.5 Å². The monoisotopic (exact) mass is 779 g/mol. The summed E-state index contributed by atoms with van der Waals surface area (Å²) in [6.45, 7) is 0.295. The van der Waals surface area contributed by atoms with Gasteiger partial charge >= 0.3 is 5.97 Å². The predicted octanol–water partition coefficient (Wildman–Crippen LogP) is 3.84. The number of primary amides is 1. The van der Waals surface area contributed by atoms with Gasteiger partial charge in [0.2, 0.25) is 29.6 Å². The van der Waals surface area contributed by atoms with Gasteiger partial charge in [-0.15, -0.1) is 0 Å². The standard InChI is InChI=1S/C41H49N9O7/c42-39(57)41(21-5-1-6-22-41)50-38(56)33(17-9-18-35(52)53)47-37(55)32(16-4-7-24-44-34(51)20-19-27-11-10-23-43-26-27)46-36(54)28-12-8-13-29(25-28)45-40-48-30-14-2-3-15-31(30)49-40/h2-3,8,10-15,19-20,23,25-26,32-33H,1,4-7,9,16-18,21-22,24H2,(H2,42,57)(H,44,51)(H,46,54)(H,47,55)(H,50,56)(H,52,53)(H2,45,48,49)/t32-,33-/m1/s1. The Morgan fingerprint density at radius 1 is 0.877 bits per heavy atom. The van der Waals surface area contributed by atoms with Gasteiger partial charge in [-0.05, 0) is 93.0 Å². The minimum Gasteiger partial charge on any atom is -0.481 e. The van der Waals surface area contributed by atoms with Gasteiger partial charge in [-0.3, -0.25) is 33.8 Å². The number of aliphatic carboxylic acids is 1. The molecule has 1 aliphatic carbocycles. The number of nitrogens with zero attached hydrogens (tertiary/aromatic N) is 2. The Morgan fingerprint density at radius 2 is 1.65 bits per heavy atom. The average molecular weight is 780 g/mol. The highest BCUT2D eigenvalue weighted by Gasteiger charge is 2.41. The fourth-order valence-corrected chi connectivity index (χ4v) is 6.70. The first-order chi connectivity index (χ1) is 27.5. The first-order valence-corrected chi connectivity index (χ1v) is 19.1. The van der Waals surface area contributed by atoms with Crippen molar-refractivity contribution < 1.29 is 33.9 Å². The van der Waals surface area contributed by atoms with Crippen molar-refractivity contribution in [3.8, 4) is 0 Å². The van der Waals surface area contributed by atoms with Gasteiger partial charge in [0.15, 0.2) is 0 Å². The van der Waals surface area contributed by atoms with E-state index < -0.39 is 47.2 Å². The van der Waals surface area contributed by atoms with Gasteiger partial charge in [0, 0.05) is 42.7 Å². The molecule has 1 aliphatic rings. The van der Waals surface area contributed by atoms with Gasteiger partial charge in [-0.2, -0.15) is 0 Å². The molecule has 0 bridgehead atoms. The zero-order valence-corrected chi connectivity index (χ0v) is 31.6. The molecule has 0 aliphatic heterocycles. The largest absolute Gasteiger partial charge is 0.481 e. The molecule has 5 amide bonds. The number of carboxylic acid groups (broad SMARTS) is 1. The molecule has 16 heteroatoms. The number of hydrogen-bond acceptors (Lipinski definition) is 9. The third kappa shape index (κ3) is 12.5. The number of amides is 5. The summed E-state index contributed by atoms with van der Waals surface area (Å²) in [5.41, 5.74) is 7.66. The number of nitrogens with one attached hydrogen (secondary N) is 6. The smallest absolute Gasteiger partial charge is 0.303 e. The summed E-state index contributed by atoms with van der Waals surface area (Å²) in [7, 11) is 0. The number of carboxylic acids is 1. The summed E-state index contributed by atoms with van der Waals surface area (Å²) in [5.74, 6) is -3.46. The Bertz CT molecular complexity index is 2030. The zero-order valence-electron chi connectivity index (χ0n) is 31.6. The second-order valence-corrected chi connectivity index (χ2v) is 14.1. The quantitative estimate of drug-likeness (QED) is 0.0475. The molecule has 300 valence electrons. The summed E-state index contributed by atoms with van der Waals surface area (Å²) < 4.78 is 0. The van der Waals surface area contributed by atoms with Crippen LogP contribution in [0.5, 0.6) is 0 Å². The lowest BCUT2D eigenvalue weighted by Gasteiger charge is -2.36. The average Bonchev–Trinajstić information content (AvgIpc) is 3.62. The number of fused-ring (bicyclic) bond motifs is 1. The van der Waals surface area contributed by atoms with E-state index >= 15 is 0 Å². The molecule has 0 saturated heterocycles. The van der Waals surface area contributed by atoms with Crippen LogP contribution in [0.4, 0.5) is 11.6 Å². The van der Waals surface area contributed by atoms with Crippen molar-refractivity contribution in [1.29, 1.82) is 0 Å². The van der Waals surface area contributed by atoms with Crippen LogP contribution in [0, 0.1) is 0 Å². The molecule has 0 radical (unpaired) electrons. The van der Waals surface area contributed by atoms with Crippen molar-refractivity contribution in [3.63, 3.8) is 0 Å². The van der Waals surface area contributed by atoms with E-state index in [9.17, 15) is 33.9 Å². The van der Waals surface area contributed by atoms with Crippen molar-refractivity contribution in [1.82, 2.24) is 36.2 Å². The molecule has 2 aromatic carbocycles. The second-order valence-electron chi connectivity index (χ2n) is 14.1. The number of H-pyrrole nitrogens is 1. The van der Waals surface area contributed by atoms with Gasteiger partial charge in [0.25, 0.3) is 5.91 Å². The number of hydrogen-bond donors (Lipinski definition) is 8. The van der Waals surface area contributed by atoms with Gasteiger partial charge in [-0.25, -0.2) is 4.98 Å². The van der Waals surface area contributed by atoms with Crippen molar-refractivity contribution in [2.75, 3.05) is 11.9 Å². The number of imidazole rings is 1. The fourth-order valence-electron chi connectivity index (χ4n) is 6.70. The molecular weight excluding hydrogens is 731 g/mol. The maximum atomic E-state index is 14.0. The highest BCUT2D eigenvalue weighted by molar-refractivity contribution is 5.99. The van der Waals surface area contributed by atoms with Crippen LogP contribution in [0.25, 0.3) is 17.1 Å². The molecule has 2 aromatic heterocycles. The Labute approximate surface area is 329 Å². The lowest BCUT2D eigenvalue weighted by molar-refractivity contribution is -0.137. The van der Waals surface area contributed by atoms with Crippen LogP contribution in [0.3, 0.4) is 0 Å². The van der Waals surface area contributed by atoms with Crippen LogP contribution >= 0.6 is 0 Å². The normalized spacial score (nSPS) is 14.6. The molecule has 57 heavy (non-hydrogen) atoms. The van der Waals surface area contributed by atoms with E-state index in [0.717, 1.165) is 23.0 Å². The highest BCUT2D eigenvalue weighted by Crippen LogP contribution is 2.28. The molecule has 0 unspecified atom stereocenters. The first kappa shape index (κ1) is 41.6. The van der Waals surface area contributed by atoms with E-state index in [4.69, 9.17) is 5.73 Å². The summed E-state index contributed by atoms with van der Waals surface area (Å²) in [6, 6.07) is 15.4. The Kier molecular flexibility index (Phi) is 14.9. The number of para-hydroxylation sites is 2.